The van der Waals surface area contributed by atoms with Crippen LogP contribution in [-0.4, -0.2) is 18.9 Å². The lowest BCUT2D eigenvalue weighted by Crippen LogP contribution is -2.29. The topological polar surface area (TPSA) is 29.1 Å². The van der Waals surface area contributed by atoms with Crippen LogP contribution >= 0.6 is 15.9 Å². The molecule has 1 aromatic rings. The maximum absolute atomic E-state index is 12.4. The maximum Gasteiger partial charge on any atom is 0.166 e. The number of carbonyl (C=O) groups excluding carboxylic acids is 1. The summed E-state index contributed by atoms with van der Waals surface area (Å²) in [6, 6.07) is 6.12. The first-order chi connectivity index (χ1) is 8.74. The van der Waals surface area contributed by atoms with Gasteiger partial charge in [0, 0.05) is 16.0 Å². The van der Waals surface area contributed by atoms with E-state index in [1.54, 1.807) is 0 Å². The van der Waals surface area contributed by atoms with Gasteiger partial charge in [-0.3, -0.25) is 4.79 Å². The molecule has 0 aromatic heterocycles. The van der Waals surface area contributed by atoms with Crippen molar-refractivity contribution in [2.24, 2.45) is 11.8 Å². The van der Waals surface area contributed by atoms with Gasteiger partial charge < -0.3 is 5.32 Å². The van der Waals surface area contributed by atoms with Crippen molar-refractivity contribution in [3.8, 4) is 0 Å². The molecular weight excluding hydrogens is 290 g/mol. The van der Waals surface area contributed by atoms with Crippen LogP contribution in [0.3, 0.4) is 0 Å². The number of halogens is 1. The fraction of sp³-hybridized carbons (Fsp3) is 0.533. The second-order valence-electron chi connectivity index (χ2n) is 5.50. The van der Waals surface area contributed by atoms with Crippen LogP contribution in [0, 0.1) is 11.8 Å². The van der Waals surface area contributed by atoms with Crippen molar-refractivity contribution in [2.45, 2.75) is 25.7 Å². The molecule has 2 aliphatic rings. The zero-order valence-corrected chi connectivity index (χ0v) is 12.0. The molecule has 0 spiro atoms. The SMILES string of the molecule is O=C1c2cc(Br)ccc2CC1CC1CCNCC1. The quantitative estimate of drug-likeness (QED) is 0.909. The van der Waals surface area contributed by atoms with Crippen LogP contribution in [-0.2, 0) is 6.42 Å². The Labute approximate surface area is 116 Å². The van der Waals surface area contributed by atoms with Crippen molar-refractivity contribution in [1.29, 1.82) is 0 Å². The van der Waals surface area contributed by atoms with E-state index < -0.39 is 0 Å². The molecule has 3 heteroatoms. The van der Waals surface area contributed by atoms with Gasteiger partial charge in [0.05, 0.1) is 0 Å². The molecule has 0 saturated carbocycles. The van der Waals surface area contributed by atoms with E-state index in [-0.39, 0.29) is 5.92 Å². The summed E-state index contributed by atoms with van der Waals surface area (Å²) in [4.78, 5) is 12.4. The molecule has 3 rings (SSSR count). The molecule has 1 aromatic carbocycles. The Morgan fingerprint density at radius 1 is 1.28 bits per heavy atom. The monoisotopic (exact) mass is 307 g/mol. The van der Waals surface area contributed by atoms with E-state index in [1.165, 1.54) is 18.4 Å². The van der Waals surface area contributed by atoms with E-state index in [0.717, 1.165) is 41.9 Å². The predicted octanol–water partition coefficient (Wildman–Crippen LogP) is 3.19. The van der Waals surface area contributed by atoms with Crippen molar-refractivity contribution in [3.05, 3.63) is 33.8 Å². The van der Waals surface area contributed by atoms with E-state index >= 15 is 0 Å². The highest BCUT2D eigenvalue weighted by atomic mass is 79.9. The van der Waals surface area contributed by atoms with E-state index in [2.05, 4.69) is 27.3 Å². The van der Waals surface area contributed by atoms with Gasteiger partial charge in [0.25, 0.3) is 0 Å². The zero-order valence-electron chi connectivity index (χ0n) is 10.4. The summed E-state index contributed by atoms with van der Waals surface area (Å²) < 4.78 is 1.01. The number of ketones is 1. The lowest BCUT2D eigenvalue weighted by atomic mass is 9.86. The normalized spacial score (nSPS) is 24.3. The number of fused-ring (bicyclic) bond motifs is 1. The van der Waals surface area contributed by atoms with Crippen molar-refractivity contribution < 1.29 is 4.79 Å². The molecule has 1 aliphatic heterocycles. The minimum atomic E-state index is 0.234. The molecule has 0 bridgehead atoms. The highest BCUT2D eigenvalue weighted by Crippen LogP contribution is 2.34. The van der Waals surface area contributed by atoms with Gasteiger partial charge >= 0.3 is 0 Å². The van der Waals surface area contributed by atoms with Gasteiger partial charge in [-0.1, -0.05) is 22.0 Å². The Morgan fingerprint density at radius 2 is 2.06 bits per heavy atom. The van der Waals surface area contributed by atoms with Crippen molar-refractivity contribution >= 4 is 21.7 Å². The number of hydrogen-bond donors (Lipinski definition) is 1. The highest BCUT2D eigenvalue weighted by molar-refractivity contribution is 9.10. The fourth-order valence-corrected chi connectivity index (χ4v) is 3.61. The molecule has 1 unspecified atom stereocenters. The summed E-state index contributed by atoms with van der Waals surface area (Å²) in [7, 11) is 0. The molecule has 1 N–H and O–H groups in total. The van der Waals surface area contributed by atoms with E-state index in [1.807, 2.05) is 12.1 Å². The van der Waals surface area contributed by atoms with Crippen LogP contribution in [0.4, 0.5) is 0 Å². The van der Waals surface area contributed by atoms with Crippen LogP contribution in [0.25, 0.3) is 0 Å². The van der Waals surface area contributed by atoms with Crippen LogP contribution in [0.15, 0.2) is 22.7 Å². The van der Waals surface area contributed by atoms with E-state index in [0.29, 0.717) is 5.78 Å². The third-order valence-corrected chi connectivity index (χ3v) is 4.74. The minimum absolute atomic E-state index is 0.234. The predicted molar refractivity (Wildman–Crippen MR) is 75.9 cm³/mol. The first-order valence-corrected chi connectivity index (χ1v) is 7.56. The Morgan fingerprint density at radius 3 is 2.83 bits per heavy atom. The van der Waals surface area contributed by atoms with Crippen molar-refractivity contribution in [1.82, 2.24) is 5.32 Å². The largest absolute Gasteiger partial charge is 0.317 e. The number of benzene rings is 1. The van der Waals surface area contributed by atoms with Gasteiger partial charge in [0.1, 0.15) is 0 Å². The molecule has 1 atom stereocenters. The molecule has 0 radical (unpaired) electrons. The molecule has 96 valence electrons. The summed E-state index contributed by atoms with van der Waals surface area (Å²) in [5, 5.41) is 3.38. The molecule has 1 fully saturated rings. The first-order valence-electron chi connectivity index (χ1n) is 6.77. The van der Waals surface area contributed by atoms with Gasteiger partial charge in [0.2, 0.25) is 0 Å². The van der Waals surface area contributed by atoms with Crippen LogP contribution in [0.5, 0.6) is 0 Å². The molecule has 0 amide bonds. The molecule has 1 aliphatic carbocycles. The maximum atomic E-state index is 12.4. The Hall–Kier alpha value is -0.670. The second kappa shape index (κ2) is 5.14. The van der Waals surface area contributed by atoms with Gasteiger partial charge in [-0.25, -0.2) is 0 Å². The molecule has 18 heavy (non-hydrogen) atoms. The summed E-state index contributed by atoms with van der Waals surface area (Å²) >= 11 is 3.45. The van der Waals surface area contributed by atoms with Gasteiger partial charge in [-0.05, 0) is 62.4 Å². The number of carbonyl (C=O) groups is 1. The average molecular weight is 308 g/mol. The highest BCUT2D eigenvalue weighted by Gasteiger charge is 2.32. The number of Topliss-reactive ketones (excluding diaryl/α,β-unsaturated/α-hetero) is 1. The second-order valence-corrected chi connectivity index (χ2v) is 6.41. The number of piperidine rings is 1. The van der Waals surface area contributed by atoms with Crippen LogP contribution < -0.4 is 5.32 Å². The van der Waals surface area contributed by atoms with Crippen LogP contribution in [0.1, 0.15) is 35.2 Å². The smallest absolute Gasteiger partial charge is 0.166 e. The fourth-order valence-electron chi connectivity index (χ4n) is 3.24. The van der Waals surface area contributed by atoms with Gasteiger partial charge in [0.15, 0.2) is 5.78 Å². The third-order valence-electron chi connectivity index (χ3n) is 4.25. The molecule has 1 saturated heterocycles. The summed E-state index contributed by atoms with van der Waals surface area (Å²) in [5.74, 6) is 1.33. The van der Waals surface area contributed by atoms with Crippen molar-refractivity contribution in [3.63, 3.8) is 0 Å². The zero-order chi connectivity index (χ0) is 12.5. The number of hydrogen-bond acceptors (Lipinski definition) is 2. The molecule has 2 nitrogen and oxygen atoms in total. The van der Waals surface area contributed by atoms with E-state index in [9.17, 15) is 4.79 Å². The molecular formula is C15H18BrNO. The Kier molecular flexibility index (Phi) is 3.53. The summed E-state index contributed by atoms with van der Waals surface area (Å²) in [6.07, 6.45) is 4.48. The van der Waals surface area contributed by atoms with Gasteiger partial charge in [-0.15, -0.1) is 0 Å². The average Bonchev–Trinajstić information content (AvgIpc) is 2.68. The minimum Gasteiger partial charge on any atom is -0.317 e. The standard InChI is InChI=1S/C15H18BrNO/c16-13-2-1-11-8-12(15(18)14(11)9-13)7-10-3-5-17-6-4-10/h1-2,9-10,12,17H,3-8H2. The summed E-state index contributed by atoms with van der Waals surface area (Å²) in [5.41, 5.74) is 2.19. The van der Waals surface area contributed by atoms with Gasteiger partial charge in [-0.2, -0.15) is 0 Å². The Bertz CT molecular complexity index is 466. The Balaban J connectivity index is 1.71. The number of rotatable bonds is 2. The third kappa shape index (κ3) is 2.39. The van der Waals surface area contributed by atoms with Crippen LogP contribution in [0.2, 0.25) is 0 Å². The lowest BCUT2D eigenvalue weighted by molar-refractivity contribution is 0.0913. The number of nitrogens with one attached hydrogen (secondary N) is 1. The first kappa shape index (κ1) is 12.4. The molecule has 1 heterocycles. The van der Waals surface area contributed by atoms with Crippen molar-refractivity contribution in [2.75, 3.05) is 13.1 Å². The summed E-state index contributed by atoms with van der Waals surface area (Å²) in [6.45, 7) is 2.23. The van der Waals surface area contributed by atoms with E-state index in [4.69, 9.17) is 0 Å². The lowest BCUT2D eigenvalue weighted by Gasteiger charge is -2.24.